The zero-order valence-corrected chi connectivity index (χ0v) is 12.7. The van der Waals surface area contributed by atoms with E-state index in [-0.39, 0.29) is 17.5 Å². The zero-order valence-electron chi connectivity index (χ0n) is 12.7. The van der Waals surface area contributed by atoms with Crippen molar-refractivity contribution in [3.63, 3.8) is 0 Å². The van der Waals surface area contributed by atoms with E-state index in [1.165, 1.54) is 0 Å². The van der Waals surface area contributed by atoms with Gasteiger partial charge in [0.2, 0.25) is 0 Å². The standard InChI is InChI=1S/C15H27F3N2/c1-10-13(19)7-4-11(14(10,2)3)8-20(12-5-6-12)9-15(16,17)18/h10-13H,4-9,19H2,1-3H3. The predicted octanol–water partition coefficient (Wildman–Crippen LogP) is 3.41. The van der Waals surface area contributed by atoms with Crippen LogP contribution < -0.4 is 5.73 Å². The van der Waals surface area contributed by atoms with E-state index in [9.17, 15) is 13.2 Å². The van der Waals surface area contributed by atoms with Gasteiger partial charge in [0.05, 0.1) is 6.54 Å². The Hall–Kier alpha value is -0.290. The number of alkyl halides is 3. The zero-order chi connectivity index (χ0) is 15.1. The van der Waals surface area contributed by atoms with Crippen molar-refractivity contribution in [2.75, 3.05) is 13.1 Å². The molecule has 0 aromatic rings. The van der Waals surface area contributed by atoms with E-state index >= 15 is 0 Å². The van der Waals surface area contributed by atoms with E-state index in [1.807, 2.05) is 0 Å². The van der Waals surface area contributed by atoms with Crippen LogP contribution in [0.1, 0.15) is 46.5 Å². The second-order valence-electron chi connectivity index (χ2n) is 7.32. The van der Waals surface area contributed by atoms with E-state index in [1.54, 1.807) is 4.90 Å². The molecule has 0 spiro atoms. The molecule has 0 amide bonds. The lowest BCUT2D eigenvalue weighted by molar-refractivity contribution is -0.151. The summed E-state index contributed by atoms with van der Waals surface area (Å²) in [4.78, 5) is 1.66. The maximum Gasteiger partial charge on any atom is 0.401 e. The van der Waals surface area contributed by atoms with Crippen molar-refractivity contribution in [3.8, 4) is 0 Å². The van der Waals surface area contributed by atoms with Gasteiger partial charge in [-0.2, -0.15) is 13.2 Å². The summed E-state index contributed by atoms with van der Waals surface area (Å²) in [5.41, 5.74) is 6.14. The van der Waals surface area contributed by atoms with Crippen molar-refractivity contribution >= 4 is 0 Å². The van der Waals surface area contributed by atoms with Crippen molar-refractivity contribution in [1.29, 1.82) is 0 Å². The molecule has 0 aromatic carbocycles. The molecule has 0 saturated heterocycles. The van der Waals surface area contributed by atoms with Crippen LogP contribution in [0.15, 0.2) is 0 Å². The smallest absolute Gasteiger partial charge is 0.327 e. The molecule has 0 bridgehead atoms. The Bertz CT molecular complexity index is 337. The van der Waals surface area contributed by atoms with Gasteiger partial charge in [0.1, 0.15) is 0 Å². The average Bonchev–Trinajstić information content (AvgIpc) is 3.11. The molecule has 3 atom stereocenters. The summed E-state index contributed by atoms with van der Waals surface area (Å²) in [6.45, 7) is 6.28. The molecule has 0 heterocycles. The average molecular weight is 292 g/mol. The van der Waals surface area contributed by atoms with Crippen LogP contribution in [0.5, 0.6) is 0 Å². The van der Waals surface area contributed by atoms with Crippen LogP contribution in [0.2, 0.25) is 0 Å². The first-order valence-electron chi connectivity index (χ1n) is 7.67. The lowest BCUT2D eigenvalue weighted by atomic mass is 9.61. The second-order valence-corrected chi connectivity index (χ2v) is 7.32. The molecule has 2 fully saturated rings. The first kappa shape index (κ1) is 16.1. The van der Waals surface area contributed by atoms with Crippen molar-refractivity contribution in [2.45, 2.75) is 64.7 Å². The van der Waals surface area contributed by atoms with E-state index in [2.05, 4.69) is 20.8 Å². The summed E-state index contributed by atoms with van der Waals surface area (Å²) in [5.74, 6) is 0.661. The summed E-state index contributed by atoms with van der Waals surface area (Å²) < 4.78 is 38.2. The van der Waals surface area contributed by atoms with Crippen LogP contribution in [0.3, 0.4) is 0 Å². The molecule has 3 unspecified atom stereocenters. The third-order valence-corrected chi connectivity index (χ3v) is 5.62. The van der Waals surface area contributed by atoms with Gasteiger partial charge in [0, 0.05) is 18.6 Å². The van der Waals surface area contributed by atoms with Gasteiger partial charge < -0.3 is 5.73 Å². The molecule has 2 N–H and O–H groups in total. The predicted molar refractivity (Wildman–Crippen MR) is 74.3 cm³/mol. The highest BCUT2D eigenvalue weighted by atomic mass is 19.4. The highest BCUT2D eigenvalue weighted by Gasteiger charge is 2.45. The van der Waals surface area contributed by atoms with Gasteiger partial charge in [-0.1, -0.05) is 20.8 Å². The van der Waals surface area contributed by atoms with Crippen LogP contribution >= 0.6 is 0 Å². The van der Waals surface area contributed by atoms with Crippen LogP contribution in [0.4, 0.5) is 13.2 Å². The van der Waals surface area contributed by atoms with E-state index in [0.717, 1.165) is 25.7 Å². The van der Waals surface area contributed by atoms with Gasteiger partial charge in [-0.25, -0.2) is 0 Å². The fourth-order valence-corrected chi connectivity index (χ4v) is 3.56. The molecular weight excluding hydrogens is 265 g/mol. The van der Waals surface area contributed by atoms with Gasteiger partial charge >= 0.3 is 6.18 Å². The van der Waals surface area contributed by atoms with Gasteiger partial charge in [-0.3, -0.25) is 4.90 Å². The minimum absolute atomic E-state index is 0.0103. The Morgan fingerprint density at radius 2 is 1.75 bits per heavy atom. The summed E-state index contributed by atoms with van der Waals surface area (Å²) in [6.07, 6.45) is -0.390. The monoisotopic (exact) mass is 292 g/mol. The van der Waals surface area contributed by atoms with Gasteiger partial charge in [-0.05, 0) is 42.9 Å². The first-order chi connectivity index (χ1) is 9.11. The second kappa shape index (κ2) is 5.48. The van der Waals surface area contributed by atoms with Crippen LogP contribution in [0.25, 0.3) is 0 Å². The van der Waals surface area contributed by atoms with E-state index in [0.29, 0.717) is 18.4 Å². The Balaban J connectivity index is 2.02. The largest absolute Gasteiger partial charge is 0.401 e. The number of nitrogens with zero attached hydrogens (tertiary/aromatic N) is 1. The molecule has 2 nitrogen and oxygen atoms in total. The maximum absolute atomic E-state index is 12.7. The highest BCUT2D eigenvalue weighted by molar-refractivity contribution is 4.96. The van der Waals surface area contributed by atoms with Gasteiger partial charge in [0.25, 0.3) is 0 Å². The van der Waals surface area contributed by atoms with Crippen molar-refractivity contribution in [2.24, 2.45) is 23.0 Å². The Kier molecular flexibility index (Phi) is 4.41. The van der Waals surface area contributed by atoms with Crippen LogP contribution in [0, 0.1) is 17.3 Å². The van der Waals surface area contributed by atoms with E-state index in [4.69, 9.17) is 5.73 Å². The van der Waals surface area contributed by atoms with Crippen LogP contribution in [-0.4, -0.2) is 36.2 Å². The number of hydrogen-bond acceptors (Lipinski definition) is 2. The molecule has 118 valence electrons. The SMILES string of the molecule is CC1C(N)CCC(CN(CC(F)(F)F)C2CC2)C1(C)C. The molecule has 2 saturated carbocycles. The summed E-state index contributed by atoms with van der Waals surface area (Å²) >= 11 is 0. The topological polar surface area (TPSA) is 29.3 Å². The lowest BCUT2D eigenvalue weighted by Crippen LogP contribution is -2.51. The van der Waals surface area contributed by atoms with E-state index < -0.39 is 12.7 Å². The molecule has 20 heavy (non-hydrogen) atoms. The molecule has 2 aliphatic carbocycles. The fraction of sp³-hybridized carbons (Fsp3) is 1.00. The Morgan fingerprint density at radius 1 is 1.15 bits per heavy atom. The summed E-state index contributed by atoms with van der Waals surface area (Å²) in [6, 6.07) is 0.330. The summed E-state index contributed by atoms with van der Waals surface area (Å²) in [7, 11) is 0. The molecule has 2 rings (SSSR count). The quantitative estimate of drug-likeness (QED) is 0.860. The number of nitrogens with two attached hydrogens (primary N) is 1. The molecule has 5 heteroatoms. The van der Waals surface area contributed by atoms with Crippen LogP contribution in [-0.2, 0) is 0 Å². The molecule has 0 aliphatic heterocycles. The lowest BCUT2D eigenvalue weighted by Gasteiger charge is -2.48. The third kappa shape index (κ3) is 3.67. The molecule has 0 aromatic heterocycles. The normalized spacial score (nSPS) is 34.5. The van der Waals surface area contributed by atoms with Gasteiger partial charge in [-0.15, -0.1) is 0 Å². The summed E-state index contributed by atoms with van der Waals surface area (Å²) in [5, 5.41) is 0. The third-order valence-electron chi connectivity index (χ3n) is 5.62. The first-order valence-corrected chi connectivity index (χ1v) is 7.67. The highest BCUT2D eigenvalue weighted by Crippen LogP contribution is 2.45. The fourth-order valence-electron chi connectivity index (χ4n) is 3.56. The number of hydrogen-bond donors (Lipinski definition) is 1. The Morgan fingerprint density at radius 3 is 2.25 bits per heavy atom. The Labute approximate surface area is 119 Å². The number of rotatable bonds is 4. The van der Waals surface area contributed by atoms with Crippen molar-refractivity contribution < 1.29 is 13.2 Å². The molecule has 0 radical (unpaired) electrons. The van der Waals surface area contributed by atoms with Crippen molar-refractivity contribution in [3.05, 3.63) is 0 Å². The van der Waals surface area contributed by atoms with Gasteiger partial charge in [0.15, 0.2) is 0 Å². The molecular formula is C15H27F3N2. The minimum Gasteiger partial charge on any atom is -0.327 e. The molecule has 2 aliphatic rings. The van der Waals surface area contributed by atoms with Crippen molar-refractivity contribution in [1.82, 2.24) is 4.90 Å². The minimum atomic E-state index is -4.09. The number of halogens is 3. The maximum atomic E-state index is 12.7.